The van der Waals surface area contributed by atoms with Crippen LogP contribution in [0, 0.1) is 23.3 Å². The number of unbranched alkanes of at least 4 members (excludes halogenated alkanes) is 4. The Morgan fingerprint density at radius 3 is 2.11 bits per heavy atom. The van der Waals surface area contributed by atoms with E-state index in [4.69, 9.17) is 0 Å². The van der Waals surface area contributed by atoms with Crippen molar-refractivity contribution in [1.29, 1.82) is 0 Å². The number of rotatable bonds is 7. The molecule has 3 aromatic rings. The fraction of sp³-hybridized carbons (Fsp3) is 0.304. The molecule has 0 aliphatic carbocycles. The lowest BCUT2D eigenvalue weighted by molar-refractivity contribution is 0.517. The highest BCUT2D eigenvalue weighted by Gasteiger charge is 2.15. The summed E-state index contributed by atoms with van der Waals surface area (Å²) in [4.78, 5) is 0. The van der Waals surface area contributed by atoms with Gasteiger partial charge in [0.1, 0.15) is 11.6 Å². The summed E-state index contributed by atoms with van der Waals surface area (Å²) in [5.41, 5.74) is 0.800. The van der Waals surface area contributed by atoms with Gasteiger partial charge in [0.25, 0.3) is 0 Å². The van der Waals surface area contributed by atoms with Crippen molar-refractivity contribution < 1.29 is 17.6 Å². The topological polar surface area (TPSA) is 0 Å². The van der Waals surface area contributed by atoms with Crippen molar-refractivity contribution in [1.82, 2.24) is 0 Å². The van der Waals surface area contributed by atoms with Crippen molar-refractivity contribution in [2.45, 2.75) is 45.4 Å². The summed E-state index contributed by atoms with van der Waals surface area (Å²) in [7, 11) is 0. The Morgan fingerprint density at radius 2 is 1.41 bits per heavy atom. The third kappa shape index (κ3) is 4.32. The highest BCUT2D eigenvalue weighted by molar-refractivity contribution is 5.88. The van der Waals surface area contributed by atoms with Crippen LogP contribution in [0.2, 0.25) is 0 Å². The third-order valence-electron chi connectivity index (χ3n) is 4.87. The summed E-state index contributed by atoms with van der Waals surface area (Å²) in [6.07, 6.45) is 6.05. The lowest BCUT2D eigenvalue weighted by Crippen LogP contribution is -1.96. The molecule has 0 radical (unpaired) electrons. The number of halogens is 4. The molecule has 0 unspecified atom stereocenters. The standard InChI is InChI=1S/C23H22F4/c1-2-3-4-5-6-7-15-12-20(25)22(21(26)13-15)17-8-10-18-16(14-17)9-11-19(24)23(18)27/h8-14H,2-7H2,1H3. The van der Waals surface area contributed by atoms with Gasteiger partial charge in [-0.3, -0.25) is 0 Å². The highest BCUT2D eigenvalue weighted by Crippen LogP contribution is 2.31. The smallest absolute Gasteiger partial charge is 0.166 e. The Bertz CT molecular complexity index is 924. The average molecular weight is 374 g/mol. The van der Waals surface area contributed by atoms with Crippen LogP contribution in [-0.4, -0.2) is 0 Å². The summed E-state index contributed by atoms with van der Waals surface area (Å²) in [5.74, 6) is -3.18. The largest absolute Gasteiger partial charge is 0.206 e. The van der Waals surface area contributed by atoms with E-state index < -0.39 is 23.3 Å². The van der Waals surface area contributed by atoms with Gasteiger partial charge in [-0.15, -0.1) is 0 Å². The Hall–Kier alpha value is -2.36. The first-order chi connectivity index (χ1) is 13.0. The van der Waals surface area contributed by atoms with Gasteiger partial charge < -0.3 is 0 Å². The monoisotopic (exact) mass is 374 g/mol. The van der Waals surface area contributed by atoms with Crippen LogP contribution in [-0.2, 0) is 6.42 Å². The summed E-state index contributed by atoms with van der Waals surface area (Å²) >= 11 is 0. The van der Waals surface area contributed by atoms with Gasteiger partial charge >= 0.3 is 0 Å². The second-order valence-electron chi connectivity index (χ2n) is 6.90. The summed E-state index contributed by atoms with van der Waals surface area (Å²) in [6, 6.07) is 9.39. The van der Waals surface area contributed by atoms with Gasteiger partial charge in [0.2, 0.25) is 0 Å². The molecule has 0 saturated carbocycles. The van der Waals surface area contributed by atoms with Crippen LogP contribution in [0.15, 0.2) is 42.5 Å². The Morgan fingerprint density at radius 1 is 0.704 bits per heavy atom. The van der Waals surface area contributed by atoms with E-state index in [9.17, 15) is 17.6 Å². The van der Waals surface area contributed by atoms with E-state index >= 15 is 0 Å². The van der Waals surface area contributed by atoms with Gasteiger partial charge in [0, 0.05) is 5.39 Å². The van der Waals surface area contributed by atoms with E-state index in [-0.39, 0.29) is 10.9 Å². The van der Waals surface area contributed by atoms with Crippen molar-refractivity contribution in [2.75, 3.05) is 0 Å². The molecule has 0 saturated heterocycles. The predicted molar refractivity (Wildman–Crippen MR) is 102 cm³/mol. The van der Waals surface area contributed by atoms with E-state index in [0.717, 1.165) is 31.7 Å². The zero-order valence-electron chi connectivity index (χ0n) is 15.3. The Balaban J connectivity index is 1.86. The van der Waals surface area contributed by atoms with Gasteiger partial charge in [0.05, 0.1) is 5.56 Å². The van der Waals surface area contributed by atoms with Gasteiger partial charge in [-0.25, -0.2) is 17.6 Å². The molecule has 0 fully saturated rings. The number of hydrogen-bond donors (Lipinski definition) is 0. The normalized spacial score (nSPS) is 11.3. The Kier molecular flexibility index (Phi) is 6.15. The average Bonchev–Trinajstić information content (AvgIpc) is 2.64. The highest BCUT2D eigenvalue weighted by atomic mass is 19.2. The molecule has 4 heteroatoms. The zero-order chi connectivity index (χ0) is 19.4. The molecule has 0 bridgehead atoms. The van der Waals surface area contributed by atoms with E-state index in [1.54, 1.807) is 0 Å². The second-order valence-corrected chi connectivity index (χ2v) is 6.90. The molecule has 0 aliphatic heterocycles. The molecule has 27 heavy (non-hydrogen) atoms. The summed E-state index contributed by atoms with van der Waals surface area (Å²) in [6.45, 7) is 2.14. The first-order valence-corrected chi connectivity index (χ1v) is 9.37. The van der Waals surface area contributed by atoms with Crippen LogP contribution in [0.4, 0.5) is 17.6 Å². The maximum Gasteiger partial charge on any atom is 0.166 e. The van der Waals surface area contributed by atoms with Crippen molar-refractivity contribution in [3.8, 4) is 11.1 Å². The molecule has 0 N–H and O–H groups in total. The van der Waals surface area contributed by atoms with Crippen LogP contribution in [0.3, 0.4) is 0 Å². The van der Waals surface area contributed by atoms with Gasteiger partial charge in [-0.1, -0.05) is 50.8 Å². The fourth-order valence-corrected chi connectivity index (χ4v) is 3.40. The maximum atomic E-state index is 14.6. The summed E-state index contributed by atoms with van der Waals surface area (Å²) < 4.78 is 56.3. The minimum absolute atomic E-state index is 0.0864. The lowest BCUT2D eigenvalue weighted by Gasteiger charge is -2.10. The molecule has 0 aromatic heterocycles. The minimum Gasteiger partial charge on any atom is -0.206 e. The van der Waals surface area contributed by atoms with Crippen LogP contribution in [0.5, 0.6) is 0 Å². The van der Waals surface area contributed by atoms with E-state index in [1.807, 2.05) is 0 Å². The first-order valence-electron chi connectivity index (χ1n) is 9.37. The molecule has 3 rings (SSSR count). The van der Waals surface area contributed by atoms with Crippen molar-refractivity contribution in [2.24, 2.45) is 0 Å². The number of aryl methyl sites for hydroxylation is 1. The van der Waals surface area contributed by atoms with Crippen LogP contribution in [0.25, 0.3) is 21.9 Å². The molecule has 142 valence electrons. The molecule has 0 atom stereocenters. The molecule has 3 aromatic carbocycles. The molecule has 0 amide bonds. The van der Waals surface area contributed by atoms with Crippen LogP contribution in [0.1, 0.15) is 44.6 Å². The molecule has 0 spiro atoms. The predicted octanol–water partition coefficient (Wildman–Crippen LogP) is 7.58. The molecule has 0 aliphatic rings. The van der Waals surface area contributed by atoms with E-state index in [1.165, 1.54) is 42.8 Å². The van der Waals surface area contributed by atoms with Crippen molar-refractivity contribution in [3.05, 3.63) is 71.3 Å². The third-order valence-corrected chi connectivity index (χ3v) is 4.87. The Labute approximate surface area is 156 Å². The molecule has 0 heterocycles. The minimum atomic E-state index is -0.960. The number of fused-ring (bicyclic) bond motifs is 1. The van der Waals surface area contributed by atoms with Crippen molar-refractivity contribution in [3.63, 3.8) is 0 Å². The lowest BCUT2D eigenvalue weighted by atomic mass is 9.97. The van der Waals surface area contributed by atoms with Crippen LogP contribution < -0.4 is 0 Å². The first kappa shape index (κ1) is 19.4. The fourth-order valence-electron chi connectivity index (χ4n) is 3.40. The van der Waals surface area contributed by atoms with Crippen molar-refractivity contribution >= 4 is 10.8 Å². The zero-order valence-corrected chi connectivity index (χ0v) is 15.3. The van der Waals surface area contributed by atoms with Gasteiger partial charge in [0.15, 0.2) is 11.6 Å². The SMILES string of the molecule is CCCCCCCc1cc(F)c(-c2ccc3c(F)c(F)ccc3c2)c(F)c1. The number of hydrogen-bond acceptors (Lipinski definition) is 0. The quantitative estimate of drug-likeness (QED) is 0.295. The summed E-state index contributed by atoms with van der Waals surface area (Å²) in [5, 5.41) is 0.480. The molecule has 0 nitrogen and oxygen atoms in total. The van der Waals surface area contributed by atoms with E-state index in [2.05, 4.69) is 6.92 Å². The van der Waals surface area contributed by atoms with Crippen LogP contribution >= 0.6 is 0 Å². The maximum absolute atomic E-state index is 14.6. The molecular formula is C23H22F4. The van der Waals surface area contributed by atoms with Gasteiger partial charge in [-0.2, -0.15) is 0 Å². The molecular weight excluding hydrogens is 352 g/mol. The van der Waals surface area contributed by atoms with Gasteiger partial charge in [-0.05, 0) is 53.6 Å². The second kappa shape index (κ2) is 8.55. The number of benzene rings is 3. The van der Waals surface area contributed by atoms with E-state index in [0.29, 0.717) is 22.9 Å².